The lowest BCUT2D eigenvalue weighted by Gasteiger charge is -2.10. The van der Waals surface area contributed by atoms with Crippen LogP contribution in [-0.2, 0) is 4.74 Å². The summed E-state index contributed by atoms with van der Waals surface area (Å²) >= 11 is 3.35. The van der Waals surface area contributed by atoms with Crippen molar-refractivity contribution in [3.05, 3.63) is 64.3 Å². The van der Waals surface area contributed by atoms with Crippen molar-refractivity contribution < 1.29 is 18.3 Å². The summed E-state index contributed by atoms with van der Waals surface area (Å²) in [7, 11) is 1.27. The van der Waals surface area contributed by atoms with E-state index in [-0.39, 0.29) is 16.8 Å². The first-order valence-electron chi connectivity index (χ1n) is 6.64. The zero-order valence-electron chi connectivity index (χ0n) is 11.9. The molecule has 0 aliphatic heterocycles. The predicted octanol–water partition coefficient (Wildman–Crippen LogP) is 4.73. The normalized spacial score (nSPS) is 10.8. The number of hydrogen-bond donors (Lipinski definition) is 0. The van der Waals surface area contributed by atoms with E-state index in [1.165, 1.54) is 25.4 Å². The maximum Gasteiger partial charge on any atom is 0.337 e. The van der Waals surface area contributed by atoms with E-state index in [0.29, 0.717) is 15.2 Å². The Morgan fingerprint density at radius 2 is 1.83 bits per heavy atom. The van der Waals surface area contributed by atoms with Crippen LogP contribution < -0.4 is 0 Å². The van der Waals surface area contributed by atoms with Crippen molar-refractivity contribution >= 4 is 32.7 Å². The third-order valence-corrected chi connectivity index (χ3v) is 4.09. The fraction of sp³-hybridized carbons (Fsp3) is 0.0588. The molecule has 3 aromatic rings. The number of pyridine rings is 1. The summed E-state index contributed by atoms with van der Waals surface area (Å²) in [5.74, 6) is -1.97. The van der Waals surface area contributed by atoms with Crippen molar-refractivity contribution in [3.63, 3.8) is 0 Å². The molecule has 0 aliphatic rings. The van der Waals surface area contributed by atoms with Gasteiger partial charge in [-0.25, -0.2) is 13.6 Å². The number of benzene rings is 2. The van der Waals surface area contributed by atoms with Gasteiger partial charge in [0, 0.05) is 16.1 Å². The Balaban J connectivity index is 2.37. The molecule has 1 aromatic heterocycles. The molecule has 0 amide bonds. The highest BCUT2D eigenvalue weighted by molar-refractivity contribution is 9.10. The van der Waals surface area contributed by atoms with Gasteiger partial charge in [0.2, 0.25) is 0 Å². The van der Waals surface area contributed by atoms with E-state index in [9.17, 15) is 13.6 Å². The second kappa shape index (κ2) is 6.04. The molecule has 0 N–H and O–H groups in total. The van der Waals surface area contributed by atoms with Crippen molar-refractivity contribution in [2.75, 3.05) is 7.11 Å². The number of rotatable bonds is 2. The number of ether oxygens (including phenoxy) is 1. The summed E-state index contributed by atoms with van der Waals surface area (Å²) in [6.45, 7) is 0. The van der Waals surface area contributed by atoms with E-state index in [0.717, 1.165) is 12.1 Å². The number of carbonyl (C=O) groups is 1. The minimum absolute atomic E-state index is 0.129. The van der Waals surface area contributed by atoms with Crippen molar-refractivity contribution in [3.8, 4) is 11.3 Å². The molecule has 0 atom stereocenters. The number of hydrogen-bond acceptors (Lipinski definition) is 3. The van der Waals surface area contributed by atoms with Gasteiger partial charge in [-0.3, -0.25) is 4.98 Å². The topological polar surface area (TPSA) is 39.2 Å². The zero-order valence-corrected chi connectivity index (χ0v) is 13.5. The fourth-order valence-corrected chi connectivity index (χ4v) is 2.82. The van der Waals surface area contributed by atoms with Crippen molar-refractivity contribution in [1.29, 1.82) is 0 Å². The van der Waals surface area contributed by atoms with E-state index in [1.807, 2.05) is 0 Å². The van der Waals surface area contributed by atoms with Crippen molar-refractivity contribution in [2.24, 2.45) is 0 Å². The van der Waals surface area contributed by atoms with E-state index >= 15 is 0 Å². The molecule has 0 aliphatic carbocycles. The Labute approximate surface area is 139 Å². The van der Waals surface area contributed by atoms with Crippen LogP contribution in [0.25, 0.3) is 22.0 Å². The van der Waals surface area contributed by atoms with Crippen LogP contribution >= 0.6 is 15.9 Å². The Kier molecular flexibility index (Phi) is 4.09. The van der Waals surface area contributed by atoms with Gasteiger partial charge in [-0.15, -0.1) is 0 Å². The Hall–Kier alpha value is -2.34. The van der Waals surface area contributed by atoms with Crippen LogP contribution in [0.3, 0.4) is 0 Å². The highest BCUT2D eigenvalue weighted by Gasteiger charge is 2.18. The molecule has 1 heterocycles. The molecule has 116 valence electrons. The van der Waals surface area contributed by atoms with Crippen LogP contribution in [0.5, 0.6) is 0 Å². The minimum Gasteiger partial charge on any atom is -0.465 e. The molecule has 3 nitrogen and oxygen atoms in total. The van der Waals surface area contributed by atoms with Gasteiger partial charge >= 0.3 is 5.97 Å². The van der Waals surface area contributed by atoms with Gasteiger partial charge < -0.3 is 4.74 Å². The quantitative estimate of drug-likeness (QED) is 0.606. The Morgan fingerprint density at radius 1 is 1.13 bits per heavy atom. The average Bonchev–Trinajstić information content (AvgIpc) is 2.55. The van der Waals surface area contributed by atoms with E-state index in [4.69, 9.17) is 0 Å². The van der Waals surface area contributed by atoms with Crippen molar-refractivity contribution in [1.82, 2.24) is 4.98 Å². The molecular weight excluding hydrogens is 368 g/mol. The lowest BCUT2D eigenvalue weighted by atomic mass is 10.0. The standard InChI is InChI=1S/C17H10BrF2NO2/c1-23-17(22)9-5-6-10-11(7-9)16(21-8-12(10)18)15-13(19)3-2-4-14(15)20/h2-8H,1H3. The first-order chi connectivity index (χ1) is 11.0. The van der Waals surface area contributed by atoms with Crippen LogP contribution in [0.4, 0.5) is 8.78 Å². The molecule has 0 saturated heterocycles. The molecule has 6 heteroatoms. The Morgan fingerprint density at radius 3 is 2.48 bits per heavy atom. The van der Waals surface area contributed by atoms with Crippen LogP contribution in [0.1, 0.15) is 10.4 Å². The molecule has 3 rings (SSSR count). The smallest absolute Gasteiger partial charge is 0.337 e. The van der Waals surface area contributed by atoms with Crippen LogP contribution in [0.15, 0.2) is 47.1 Å². The van der Waals surface area contributed by atoms with Crippen LogP contribution in [0.2, 0.25) is 0 Å². The first kappa shape index (κ1) is 15.6. The number of esters is 1. The van der Waals surface area contributed by atoms with Gasteiger partial charge in [-0.2, -0.15) is 0 Å². The molecule has 0 saturated carbocycles. The van der Waals surface area contributed by atoms with Gasteiger partial charge in [0.05, 0.1) is 23.9 Å². The summed E-state index contributed by atoms with van der Waals surface area (Å²) in [6.07, 6.45) is 1.47. The van der Waals surface area contributed by atoms with Crippen molar-refractivity contribution in [2.45, 2.75) is 0 Å². The second-order valence-electron chi connectivity index (χ2n) is 4.80. The Bertz CT molecular complexity index is 908. The molecule has 23 heavy (non-hydrogen) atoms. The summed E-state index contributed by atoms with van der Waals surface area (Å²) in [5, 5.41) is 1.14. The summed E-state index contributed by atoms with van der Waals surface area (Å²) < 4.78 is 33.6. The maximum atomic E-state index is 14.1. The zero-order chi connectivity index (χ0) is 16.6. The monoisotopic (exact) mass is 377 g/mol. The minimum atomic E-state index is -0.718. The first-order valence-corrected chi connectivity index (χ1v) is 7.43. The number of halogens is 3. The van der Waals surface area contributed by atoms with Gasteiger partial charge in [0.1, 0.15) is 11.6 Å². The van der Waals surface area contributed by atoms with E-state index in [1.54, 1.807) is 12.1 Å². The number of nitrogens with zero attached hydrogens (tertiary/aromatic N) is 1. The highest BCUT2D eigenvalue weighted by Crippen LogP contribution is 2.34. The average molecular weight is 378 g/mol. The molecule has 0 radical (unpaired) electrons. The molecule has 0 unspecified atom stereocenters. The molecular formula is C17H10BrF2NO2. The third kappa shape index (κ3) is 2.70. The van der Waals surface area contributed by atoms with Crippen LogP contribution in [-0.4, -0.2) is 18.1 Å². The lowest BCUT2D eigenvalue weighted by Crippen LogP contribution is -2.01. The SMILES string of the molecule is COC(=O)c1ccc2c(Br)cnc(-c3c(F)cccc3F)c2c1. The van der Waals surface area contributed by atoms with Gasteiger partial charge in [0.25, 0.3) is 0 Å². The van der Waals surface area contributed by atoms with Gasteiger partial charge in [-0.1, -0.05) is 12.1 Å². The lowest BCUT2D eigenvalue weighted by molar-refractivity contribution is 0.0601. The number of aromatic nitrogens is 1. The molecule has 0 spiro atoms. The molecule has 0 fully saturated rings. The maximum absolute atomic E-state index is 14.1. The number of fused-ring (bicyclic) bond motifs is 1. The van der Waals surface area contributed by atoms with Gasteiger partial charge in [0.15, 0.2) is 0 Å². The van der Waals surface area contributed by atoms with E-state index in [2.05, 4.69) is 25.7 Å². The molecule has 0 bridgehead atoms. The van der Waals surface area contributed by atoms with Gasteiger partial charge in [-0.05, 0) is 45.6 Å². The third-order valence-electron chi connectivity index (χ3n) is 3.46. The predicted molar refractivity (Wildman–Crippen MR) is 86.1 cm³/mol. The largest absolute Gasteiger partial charge is 0.465 e. The summed E-state index contributed by atoms with van der Waals surface area (Å²) in [5.41, 5.74) is 0.175. The summed E-state index contributed by atoms with van der Waals surface area (Å²) in [4.78, 5) is 15.9. The molecule has 2 aromatic carbocycles. The summed E-state index contributed by atoms with van der Waals surface area (Å²) in [6, 6.07) is 8.39. The fourth-order valence-electron chi connectivity index (χ4n) is 2.38. The van der Waals surface area contributed by atoms with E-state index < -0.39 is 17.6 Å². The van der Waals surface area contributed by atoms with Crippen LogP contribution in [0, 0.1) is 11.6 Å². The highest BCUT2D eigenvalue weighted by atomic mass is 79.9. The second-order valence-corrected chi connectivity index (χ2v) is 5.66. The number of carbonyl (C=O) groups excluding carboxylic acids is 1. The number of methoxy groups -OCH3 is 1.